The fourth-order valence-corrected chi connectivity index (χ4v) is 10.0. The van der Waals surface area contributed by atoms with Crippen LogP contribution in [0.1, 0.15) is 13.8 Å². The molecular weight excluding hydrogens is 307 g/mol. The molecule has 0 fully saturated rings. The summed E-state index contributed by atoms with van der Waals surface area (Å²) in [6.07, 6.45) is 1.50. The summed E-state index contributed by atoms with van der Waals surface area (Å²) in [7, 11) is -1.84. The molecule has 0 heterocycles. The first-order chi connectivity index (χ1) is 8.58. The van der Waals surface area contributed by atoms with Gasteiger partial charge < -0.3 is 16.5 Å². The zero-order chi connectivity index (χ0) is 15.5. The van der Waals surface area contributed by atoms with E-state index in [0.717, 1.165) is 6.61 Å². The van der Waals surface area contributed by atoms with Crippen molar-refractivity contribution in [3.8, 4) is 0 Å². The van der Waals surface area contributed by atoms with E-state index in [0.29, 0.717) is 12.5 Å². The second-order valence-electron chi connectivity index (χ2n) is 7.31. The summed E-state index contributed by atoms with van der Waals surface area (Å²) in [5.74, 6) is 0.713. The molecule has 0 saturated heterocycles. The monoisotopic (exact) mass is 341 g/mol. The zero-order valence-electron chi connectivity index (χ0n) is 15.1. The fraction of sp³-hybridized carbons (Fsp3) is 0.867. The molecule has 1 unspecified atom stereocenters. The van der Waals surface area contributed by atoms with Crippen LogP contribution in [0.25, 0.3) is 0 Å². The summed E-state index contributed by atoms with van der Waals surface area (Å²) in [4.78, 5) is 8.68. The second-order valence-corrected chi connectivity index (χ2v) is 18.2. The molecule has 0 spiro atoms. The third kappa shape index (κ3) is 22.0. The van der Waals surface area contributed by atoms with E-state index in [9.17, 15) is 0 Å². The Kier molecular flexibility index (Phi) is 19.0. The third-order valence-corrected chi connectivity index (χ3v) is 8.66. The maximum absolute atomic E-state index is 8.68. The van der Waals surface area contributed by atoms with Crippen LogP contribution in [0.5, 0.6) is 0 Å². The van der Waals surface area contributed by atoms with Crippen LogP contribution < -0.4 is 51.4 Å². The first-order valence-electron chi connectivity index (χ1n) is 7.24. The van der Waals surface area contributed by atoms with Gasteiger partial charge in [-0.1, -0.05) is 64.4 Å². The molecule has 2 nitrogen and oxygen atoms in total. The number of hydrogen-bond donors (Lipinski definition) is 0. The standard InChI is InChI=1S/C13H31OSi2.C2H3O.K/c1-8-14-11-13(2)12-16(6,7)10-9-15(3,4)5;1-2-3;/h13H,1,8-12H2,2-7H3;1H3;/q2*-1;+1. The van der Waals surface area contributed by atoms with Gasteiger partial charge in [0.05, 0.1) is 0 Å². The van der Waals surface area contributed by atoms with Crippen molar-refractivity contribution in [2.24, 2.45) is 5.92 Å². The molecule has 0 aliphatic carbocycles. The number of carbonyl (C=O) groups excluding carboxylic acids is 1. The average molecular weight is 342 g/mol. The molecule has 0 aliphatic rings. The first kappa shape index (κ1) is 26.6. The van der Waals surface area contributed by atoms with Crippen molar-refractivity contribution in [2.45, 2.75) is 64.7 Å². The van der Waals surface area contributed by atoms with E-state index in [1.54, 1.807) is 0 Å². The molecule has 0 radical (unpaired) electrons. The van der Waals surface area contributed by atoms with Crippen molar-refractivity contribution >= 4 is 22.4 Å². The first-order valence-corrected chi connectivity index (χ1v) is 14.4. The van der Waals surface area contributed by atoms with Crippen molar-refractivity contribution in [3.63, 3.8) is 0 Å². The van der Waals surface area contributed by atoms with Crippen LogP contribution in [-0.2, 0) is 9.53 Å². The maximum atomic E-state index is 8.68. The molecule has 0 rings (SSSR count). The van der Waals surface area contributed by atoms with Crippen molar-refractivity contribution in [1.82, 2.24) is 0 Å². The van der Waals surface area contributed by atoms with E-state index < -0.39 is 16.1 Å². The van der Waals surface area contributed by atoms with Gasteiger partial charge in [0.15, 0.2) is 0 Å². The molecule has 116 valence electrons. The van der Waals surface area contributed by atoms with Crippen LogP contribution in [-0.4, -0.2) is 35.6 Å². The predicted octanol–water partition coefficient (Wildman–Crippen LogP) is 1.64. The summed E-state index contributed by atoms with van der Waals surface area (Å²) in [5.41, 5.74) is 0. The molecule has 0 amide bonds. The Balaban J connectivity index is -0.000000657. The van der Waals surface area contributed by atoms with Gasteiger partial charge in [-0.3, -0.25) is 6.29 Å². The Labute approximate surface area is 172 Å². The Morgan fingerprint density at radius 1 is 1.15 bits per heavy atom. The van der Waals surface area contributed by atoms with E-state index in [1.165, 1.54) is 31.3 Å². The number of ether oxygens (including phenoxy) is 1. The molecule has 0 saturated carbocycles. The van der Waals surface area contributed by atoms with Gasteiger partial charge in [0, 0.05) is 22.8 Å². The Bertz CT molecular complexity index is 228. The SMILES string of the molecule is C[C-]=O.[CH2-]COCC(C)C[Si](C)(C)CC[Si](C)(C)C.[K+]. The maximum Gasteiger partial charge on any atom is 1.00 e. The van der Waals surface area contributed by atoms with Gasteiger partial charge >= 0.3 is 51.4 Å². The second kappa shape index (κ2) is 14.3. The minimum atomic E-state index is -0.992. The Morgan fingerprint density at radius 3 is 1.95 bits per heavy atom. The molecule has 1 atom stereocenters. The van der Waals surface area contributed by atoms with Crippen molar-refractivity contribution in [2.75, 3.05) is 13.2 Å². The van der Waals surface area contributed by atoms with E-state index in [2.05, 4.69) is 46.6 Å². The van der Waals surface area contributed by atoms with E-state index >= 15 is 0 Å². The fourth-order valence-electron chi connectivity index (χ4n) is 2.10. The molecule has 0 N–H and O–H groups in total. The van der Waals surface area contributed by atoms with Gasteiger partial charge in [-0.15, -0.1) is 0 Å². The van der Waals surface area contributed by atoms with Gasteiger partial charge in [-0.2, -0.15) is 6.92 Å². The van der Waals surface area contributed by atoms with Crippen molar-refractivity contribution in [1.29, 1.82) is 0 Å². The van der Waals surface area contributed by atoms with E-state index in [-0.39, 0.29) is 51.4 Å². The topological polar surface area (TPSA) is 26.3 Å². The van der Waals surface area contributed by atoms with Crippen LogP contribution in [0.2, 0.25) is 50.9 Å². The molecule has 0 aromatic heterocycles. The molecule has 0 aromatic rings. The minimum Gasteiger partial charge on any atom is -0.542 e. The average Bonchev–Trinajstić information content (AvgIpc) is 2.23. The molecule has 0 aromatic carbocycles. The molecule has 5 heteroatoms. The van der Waals surface area contributed by atoms with E-state index in [1.807, 2.05) is 0 Å². The quantitative estimate of drug-likeness (QED) is 0.495. The van der Waals surface area contributed by atoms with Gasteiger partial charge in [0.1, 0.15) is 0 Å². The van der Waals surface area contributed by atoms with Crippen LogP contribution in [0.4, 0.5) is 0 Å². The molecule has 0 bridgehead atoms. The minimum absolute atomic E-state index is 0. The van der Waals surface area contributed by atoms with Gasteiger partial charge in [-0.05, 0) is 5.92 Å². The van der Waals surface area contributed by atoms with Gasteiger partial charge in [0.2, 0.25) is 0 Å². The summed E-state index contributed by atoms with van der Waals surface area (Å²) in [6.45, 7) is 21.4. The normalized spacial score (nSPS) is 12.8. The molecular formula is C15H34KO2Si2-. The van der Waals surface area contributed by atoms with Crippen LogP contribution in [0.15, 0.2) is 0 Å². The van der Waals surface area contributed by atoms with Crippen molar-refractivity contribution in [3.05, 3.63) is 6.92 Å². The van der Waals surface area contributed by atoms with Crippen molar-refractivity contribution < 1.29 is 60.9 Å². The van der Waals surface area contributed by atoms with Crippen LogP contribution in [0, 0.1) is 12.8 Å². The van der Waals surface area contributed by atoms with E-state index in [4.69, 9.17) is 9.53 Å². The number of rotatable bonds is 8. The molecule has 20 heavy (non-hydrogen) atoms. The Morgan fingerprint density at radius 2 is 1.60 bits per heavy atom. The number of hydrogen-bond acceptors (Lipinski definition) is 2. The summed E-state index contributed by atoms with van der Waals surface area (Å²) >= 11 is 0. The van der Waals surface area contributed by atoms with Gasteiger partial charge in [-0.25, -0.2) is 0 Å². The largest absolute Gasteiger partial charge is 1.00 e. The Hall–Kier alpha value is 1.70. The smallest absolute Gasteiger partial charge is 0.542 e. The van der Waals surface area contributed by atoms with Gasteiger partial charge in [0.25, 0.3) is 0 Å². The predicted molar refractivity (Wildman–Crippen MR) is 92.0 cm³/mol. The summed E-state index contributed by atoms with van der Waals surface area (Å²) in [5, 5.41) is 0. The zero-order valence-corrected chi connectivity index (χ0v) is 20.3. The molecule has 0 aliphatic heterocycles. The van der Waals surface area contributed by atoms with Crippen LogP contribution in [0.3, 0.4) is 0 Å². The third-order valence-electron chi connectivity index (χ3n) is 3.00. The summed E-state index contributed by atoms with van der Waals surface area (Å²) < 4.78 is 5.41. The summed E-state index contributed by atoms with van der Waals surface area (Å²) in [6, 6.07) is 4.39. The van der Waals surface area contributed by atoms with Crippen LogP contribution >= 0.6 is 0 Å².